The van der Waals surface area contributed by atoms with Crippen molar-refractivity contribution in [3.05, 3.63) is 28.0 Å². The average Bonchev–Trinajstić information content (AvgIpc) is 2.01. The molecule has 0 saturated heterocycles. The Morgan fingerprint density at radius 2 is 2.00 bits per heavy atom. The van der Waals surface area contributed by atoms with Crippen molar-refractivity contribution in [2.45, 2.75) is 13.8 Å². The lowest BCUT2D eigenvalue weighted by molar-refractivity contribution is 0.0934. The quantitative estimate of drug-likeness (QED) is 0.563. The van der Waals surface area contributed by atoms with E-state index < -0.39 is 0 Å². The van der Waals surface area contributed by atoms with Crippen LogP contribution in [0.5, 0.6) is 0 Å². The molecule has 1 heterocycles. The molecule has 2 nitrogen and oxygen atoms in total. The Kier molecular flexibility index (Phi) is 3.28. The molecule has 13 heavy (non-hydrogen) atoms. The molecule has 0 fully saturated rings. The number of rotatable bonds is 2. The third-order valence-electron chi connectivity index (χ3n) is 1.54. The van der Waals surface area contributed by atoms with Gasteiger partial charge in [0.25, 0.3) is 0 Å². The maximum atomic E-state index is 11.5. The Labute approximate surface area is 86.9 Å². The summed E-state index contributed by atoms with van der Waals surface area (Å²) in [5.74, 6) is -0.147. The first-order valence-corrected chi connectivity index (χ1v) is 4.63. The third kappa shape index (κ3) is 2.68. The molecule has 70 valence electrons. The van der Waals surface area contributed by atoms with Crippen molar-refractivity contribution < 1.29 is 4.79 Å². The summed E-state index contributed by atoms with van der Waals surface area (Å²) in [6.45, 7) is 3.61. The maximum absolute atomic E-state index is 11.5. The molecule has 1 aromatic heterocycles. The lowest BCUT2D eigenvalue weighted by Crippen LogP contribution is -2.09. The van der Waals surface area contributed by atoms with Crippen LogP contribution in [0.2, 0.25) is 10.2 Å². The molecule has 0 aliphatic carbocycles. The van der Waals surface area contributed by atoms with E-state index in [0.29, 0.717) is 10.7 Å². The number of ketones is 1. The number of Topliss-reactive ketones (excluding diaryl/α,β-unsaturated/α-hetero) is 1. The number of aromatic nitrogens is 1. The zero-order valence-corrected chi connectivity index (χ0v) is 8.86. The average molecular weight is 218 g/mol. The van der Waals surface area contributed by atoms with Crippen LogP contribution in [0.1, 0.15) is 24.3 Å². The van der Waals surface area contributed by atoms with Gasteiger partial charge in [-0.3, -0.25) is 4.79 Å². The summed E-state index contributed by atoms with van der Waals surface area (Å²) in [7, 11) is 0. The summed E-state index contributed by atoms with van der Waals surface area (Å²) in [5.41, 5.74) is 0.326. The molecule has 0 saturated carbocycles. The molecular weight excluding hydrogens is 209 g/mol. The van der Waals surface area contributed by atoms with E-state index in [-0.39, 0.29) is 16.9 Å². The van der Waals surface area contributed by atoms with E-state index in [0.717, 1.165) is 0 Å². The van der Waals surface area contributed by atoms with Crippen LogP contribution in [0, 0.1) is 5.92 Å². The minimum Gasteiger partial charge on any atom is -0.292 e. The summed E-state index contributed by atoms with van der Waals surface area (Å²) in [5, 5.41) is 0.681. The van der Waals surface area contributed by atoms with Crippen LogP contribution < -0.4 is 0 Å². The van der Waals surface area contributed by atoms with E-state index in [1.54, 1.807) is 13.8 Å². The van der Waals surface area contributed by atoms with Crippen molar-refractivity contribution in [2.24, 2.45) is 5.92 Å². The fourth-order valence-electron chi connectivity index (χ4n) is 0.888. The highest BCUT2D eigenvalue weighted by Gasteiger charge is 2.12. The minimum absolute atomic E-state index is 0.0515. The number of pyridine rings is 1. The summed E-state index contributed by atoms with van der Waals surface area (Å²) < 4.78 is 0. The molecule has 0 spiro atoms. The minimum atomic E-state index is -0.0953. The second-order valence-electron chi connectivity index (χ2n) is 3.01. The third-order valence-corrected chi connectivity index (χ3v) is 1.95. The van der Waals surface area contributed by atoms with Gasteiger partial charge in [0.15, 0.2) is 5.78 Å². The van der Waals surface area contributed by atoms with E-state index in [2.05, 4.69) is 4.98 Å². The van der Waals surface area contributed by atoms with E-state index in [9.17, 15) is 4.79 Å². The fraction of sp³-hybridized carbons (Fsp3) is 0.333. The number of carbonyl (C=O) groups excluding carboxylic acids is 1. The first kappa shape index (κ1) is 10.5. The Morgan fingerprint density at radius 3 is 2.46 bits per heavy atom. The highest BCUT2D eigenvalue weighted by Crippen LogP contribution is 2.17. The Bertz CT molecular complexity index is 316. The predicted octanol–water partition coefficient (Wildman–Crippen LogP) is 3.23. The first-order chi connectivity index (χ1) is 6.00. The fourth-order valence-corrected chi connectivity index (χ4v) is 1.36. The van der Waals surface area contributed by atoms with Crippen molar-refractivity contribution >= 4 is 29.0 Å². The van der Waals surface area contributed by atoms with Crippen LogP contribution in [0.25, 0.3) is 0 Å². The molecule has 0 unspecified atom stereocenters. The highest BCUT2D eigenvalue weighted by molar-refractivity contribution is 6.34. The molecule has 4 heteroatoms. The van der Waals surface area contributed by atoms with Gasteiger partial charge in [-0.1, -0.05) is 37.0 Å². The Morgan fingerprint density at radius 1 is 1.38 bits per heavy atom. The maximum Gasteiger partial charge on any atom is 0.183 e. The molecule has 1 aromatic rings. The van der Waals surface area contributed by atoms with Gasteiger partial charge < -0.3 is 0 Å². The van der Waals surface area contributed by atoms with Crippen molar-refractivity contribution in [1.82, 2.24) is 4.98 Å². The lowest BCUT2D eigenvalue weighted by atomic mass is 10.1. The molecule has 0 bridgehead atoms. The van der Waals surface area contributed by atoms with Crippen molar-refractivity contribution in [3.63, 3.8) is 0 Å². The SMILES string of the molecule is CC(C)C(=O)c1cc(Cl)cc(Cl)n1. The smallest absolute Gasteiger partial charge is 0.183 e. The summed E-state index contributed by atoms with van der Waals surface area (Å²) >= 11 is 11.4. The molecule has 0 aliphatic heterocycles. The zero-order valence-electron chi connectivity index (χ0n) is 7.34. The van der Waals surface area contributed by atoms with Crippen LogP contribution in [-0.4, -0.2) is 10.8 Å². The van der Waals surface area contributed by atoms with Crippen LogP contribution in [0.4, 0.5) is 0 Å². The standard InChI is InChI=1S/C9H9Cl2NO/c1-5(2)9(13)7-3-6(10)4-8(11)12-7/h3-5H,1-2H3. The lowest BCUT2D eigenvalue weighted by Gasteiger charge is -2.03. The summed E-state index contributed by atoms with van der Waals surface area (Å²) in [6, 6.07) is 3.02. The van der Waals surface area contributed by atoms with Gasteiger partial charge in [-0.05, 0) is 12.1 Å². The van der Waals surface area contributed by atoms with Crippen LogP contribution >= 0.6 is 23.2 Å². The molecule has 0 N–H and O–H groups in total. The van der Waals surface area contributed by atoms with Gasteiger partial charge in [0, 0.05) is 10.9 Å². The number of hydrogen-bond donors (Lipinski definition) is 0. The highest BCUT2D eigenvalue weighted by atomic mass is 35.5. The van der Waals surface area contributed by atoms with Gasteiger partial charge in [0.2, 0.25) is 0 Å². The Hall–Kier alpha value is -0.600. The van der Waals surface area contributed by atoms with Gasteiger partial charge in [0.05, 0.1) is 0 Å². The van der Waals surface area contributed by atoms with Crippen LogP contribution in [-0.2, 0) is 0 Å². The second kappa shape index (κ2) is 4.07. The van der Waals surface area contributed by atoms with E-state index in [1.807, 2.05) is 0 Å². The summed E-state index contributed by atoms with van der Waals surface area (Å²) in [4.78, 5) is 15.4. The van der Waals surface area contributed by atoms with E-state index in [1.165, 1.54) is 12.1 Å². The van der Waals surface area contributed by atoms with Crippen molar-refractivity contribution in [1.29, 1.82) is 0 Å². The number of halogens is 2. The van der Waals surface area contributed by atoms with Gasteiger partial charge in [-0.15, -0.1) is 0 Å². The number of hydrogen-bond acceptors (Lipinski definition) is 2. The van der Waals surface area contributed by atoms with Crippen molar-refractivity contribution in [3.8, 4) is 0 Å². The Balaban J connectivity index is 3.08. The number of carbonyl (C=O) groups is 1. The zero-order chi connectivity index (χ0) is 10.0. The molecule has 0 aromatic carbocycles. The molecule has 0 aliphatic rings. The predicted molar refractivity (Wildman–Crippen MR) is 53.4 cm³/mol. The van der Waals surface area contributed by atoms with Gasteiger partial charge in [0.1, 0.15) is 10.8 Å². The topological polar surface area (TPSA) is 30.0 Å². The summed E-state index contributed by atoms with van der Waals surface area (Å²) in [6.07, 6.45) is 0. The van der Waals surface area contributed by atoms with Crippen LogP contribution in [0.3, 0.4) is 0 Å². The normalized spacial score (nSPS) is 10.5. The largest absolute Gasteiger partial charge is 0.292 e. The molecule has 0 radical (unpaired) electrons. The molecule has 1 rings (SSSR count). The molecule has 0 atom stereocenters. The molecular formula is C9H9Cl2NO. The molecule has 0 amide bonds. The van der Waals surface area contributed by atoms with Crippen molar-refractivity contribution in [2.75, 3.05) is 0 Å². The van der Waals surface area contributed by atoms with Crippen LogP contribution in [0.15, 0.2) is 12.1 Å². The van der Waals surface area contributed by atoms with Gasteiger partial charge in [-0.25, -0.2) is 4.98 Å². The monoisotopic (exact) mass is 217 g/mol. The van der Waals surface area contributed by atoms with E-state index in [4.69, 9.17) is 23.2 Å². The van der Waals surface area contributed by atoms with E-state index >= 15 is 0 Å². The second-order valence-corrected chi connectivity index (χ2v) is 3.84. The number of nitrogens with zero attached hydrogens (tertiary/aromatic N) is 1. The van der Waals surface area contributed by atoms with Gasteiger partial charge >= 0.3 is 0 Å². The van der Waals surface area contributed by atoms with Gasteiger partial charge in [-0.2, -0.15) is 0 Å². The first-order valence-electron chi connectivity index (χ1n) is 3.88.